The summed E-state index contributed by atoms with van der Waals surface area (Å²) in [6.07, 6.45) is 7.76. The van der Waals surface area contributed by atoms with Gasteiger partial charge in [0.1, 0.15) is 6.10 Å². The van der Waals surface area contributed by atoms with E-state index >= 15 is 0 Å². The van der Waals surface area contributed by atoms with Gasteiger partial charge in [0.25, 0.3) is 0 Å². The number of carboxylic acid groups (broad SMARTS) is 1. The second kappa shape index (κ2) is 9.06. The van der Waals surface area contributed by atoms with Crippen LogP contribution >= 0.6 is 0 Å². The minimum absolute atomic E-state index is 0.221. The summed E-state index contributed by atoms with van der Waals surface area (Å²) < 4.78 is 6.01. The number of pyridine rings is 1. The van der Waals surface area contributed by atoms with Crippen LogP contribution in [0, 0.1) is 11.8 Å². The standard InChI is InChI=1S/C20H29N3O4/c1-14-4-6-17(7-5-14)27-18-11-15(8-9-21-18)12-22-20(26)23-10-2-3-16(13-23)19(24)25/h8-9,11,14,16-17H,2-7,10,12-13H2,1H3,(H,22,26)(H,24,25). The van der Waals surface area contributed by atoms with Gasteiger partial charge in [-0.1, -0.05) is 6.92 Å². The maximum absolute atomic E-state index is 12.3. The van der Waals surface area contributed by atoms with E-state index in [4.69, 9.17) is 9.84 Å². The van der Waals surface area contributed by atoms with E-state index in [2.05, 4.69) is 17.2 Å². The molecule has 2 N–H and O–H groups in total. The SMILES string of the molecule is CC1CCC(Oc2cc(CNC(=O)N3CCCC(C(=O)O)C3)ccn2)CC1. The van der Waals surface area contributed by atoms with Crippen LogP contribution in [0.15, 0.2) is 18.3 Å². The first-order valence-electron chi connectivity index (χ1n) is 9.88. The summed E-state index contributed by atoms with van der Waals surface area (Å²) in [6.45, 7) is 3.51. The van der Waals surface area contributed by atoms with Gasteiger partial charge in [0.05, 0.1) is 5.92 Å². The molecular formula is C20H29N3O4. The van der Waals surface area contributed by atoms with Gasteiger partial charge >= 0.3 is 12.0 Å². The molecule has 27 heavy (non-hydrogen) atoms. The van der Waals surface area contributed by atoms with E-state index in [0.29, 0.717) is 25.4 Å². The van der Waals surface area contributed by atoms with Gasteiger partial charge in [-0.3, -0.25) is 4.79 Å². The molecule has 3 rings (SSSR count). The normalized spacial score (nSPS) is 25.7. The number of piperidine rings is 1. The highest BCUT2D eigenvalue weighted by Gasteiger charge is 2.28. The van der Waals surface area contributed by atoms with Crippen molar-refractivity contribution in [1.29, 1.82) is 0 Å². The number of ether oxygens (including phenoxy) is 1. The van der Waals surface area contributed by atoms with Crippen molar-refractivity contribution >= 4 is 12.0 Å². The molecule has 1 unspecified atom stereocenters. The van der Waals surface area contributed by atoms with E-state index in [-0.39, 0.29) is 18.7 Å². The summed E-state index contributed by atoms with van der Waals surface area (Å²) in [5.41, 5.74) is 0.921. The molecule has 7 nitrogen and oxygen atoms in total. The maximum Gasteiger partial charge on any atom is 0.317 e. The van der Waals surface area contributed by atoms with Crippen LogP contribution in [-0.4, -0.2) is 46.2 Å². The average Bonchev–Trinajstić information content (AvgIpc) is 2.68. The Labute approximate surface area is 160 Å². The van der Waals surface area contributed by atoms with Crippen LogP contribution in [0.4, 0.5) is 4.79 Å². The Balaban J connectivity index is 1.49. The predicted molar refractivity (Wildman–Crippen MR) is 100 cm³/mol. The molecular weight excluding hydrogens is 346 g/mol. The van der Waals surface area contributed by atoms with Crippen LogP contribution in [-0.2, 0) is 11.3 Å². The summed E-state index contributed by atoms with van der Waals surface area (Å²) in [4.78, 5) is 29.4. The van der Waals surface area contributed by atoms with Gasteiger partial charge in [0.15, 0.2) is 0 Å². The quantitative estimate of drug-likeness (QED) is 0.825. The number of hydrogen-bond acceptors (Lipinski definition) is 4. The lowest BCUT2D eigenvalue weighted by molar-refractivity contribution is -0.143. The van der Waals surface area contributed by atoms with Crippen LogP contribution < -0.4 is 10.1 Å². The zero-order chi connectivity index (χ0) is 19.2. The number of rotatable bonds is 5. The summed E-state index contributed by atoms with van der Waals surface area (Å²) >= 11 is 0. The molecule has 148 valence electrons. The number of likely N-dealkylation sites (tertiary alicyclic amines) is 1. The molecule has 1 aromatic heterocycles. The average molecular weight is 375 g/mol. The fourth-order valence-electron chi connectivity index (χ4n) is 3.80. The lowest BCUT2D eigenvalue weighted by atomic mass is 9.89. The highest BCUT2D eigenvalue weighted by Crippen LogP contribution is 2.26. The van der Waals surface area contributed by atoms with Gasteiger partial charge in [-0.2, -0.15) is 0 Å². The first-order valence-corrected chi connectivity index (χ1v) is 9.88. The van der Waals surface area contributed by atoms with Crippen molar-refractivity contribution in [3.05, 3.63) is 23.9 Å². The number of hydrogen-bond donors (Lipinski definition) is 2. The van der Waals surface area contributed by atoms with Gasteiger partial charge in [-0.25, -0.2) is 9.78 Å². The van der Waals surface area contributed by atoms with E-state index in [9.17, 15) is 9.59 Å². The van der Waals surface area contributed by atoms with Crippen molar-refractivity contribution in [3.63, 3.8) is 0 Å². The second-order valence-electron chi connectivity index (χ2n) is 7.78. The van der Waals surface area contributed by atoms with Crippen LogP contribution in [0.2, 0.25) is 0 Å². The second-order valence-corrected chi connectivity index (χ2v) is 7.78. The van der Waals surface area contributed by atoms with Crippen LogP contribution in [0.5, 0.6) is 5.88 Å². The number of urea groups is 1. The molecule has 0 radical (unpaired) electrons. The number of carbonyl (C=O) groups is 2. The molecule has 0 aromatic carbocycles. The van der Waals surface area contributed by atoms with Crippen molar-refractivity contribution in [2.45, 2.75) is 58.1 Å². The number of nitrogens with zero attached hydrogens (tertiary/aromatic N) is 2. The maximum atomic E-state index is 12.3. The minimum atomic E-state index is -0.833. The number of carbonyl (C=O) groups excluding carboxylic acids is 1. The van der Waals surface area contributed by atoms with Gasteiger partial charge in [-0.15, -0.1) is 0 Å². The molecule has 1 aromatic rings. The van der Waals surface area contributed by atoms with Crippen molar-refractivity contribution in [1.82, 2.24) is 15.2 Å². The Morgan fingerprint density at radius 2 is 2.07 bits per heavy atom. The first kappa shape index (κ1) is 19.5. The monoisotopic (exact) mass is 375 g/mol. The van der Waals surface area contributed by atoms with Crippen molar-refractivity contribution < 1.29 is 19.4 Å². The van der Waals surface area contributed by atoms with Crippen LogP contribution in [0.25, 0.3) is 0 Å². The van der Waals surface area contributed by atoms with E-state index in [1.165, 1.54) is 12.8 Å². The molecule has 0 bridgehead atoms. The third-order valence-corrected chi connectivity index (χ3v) is 5.55. The zero-order valence-electron chi connectivity index (χ0n) is 15.9. The number of nitrogens with one attached hydrogen (secondary N) is 1. The largest absolute Gasteiger partial charge is 0.481 e. The Hall–Kier alpha value is -2.31. The number of carboxylic acids is 1. The molecule has 7 heteroatoms. The van der Waals surface area contributed by atoms with Gasteiger partial charge < -0.3 is 20.1 Å². The smallest absolute Gasteiger partial charge is 0.317 e. The zero-order valence-corrected chi connectivity index (χ0v) is 15.9. The number of amides is 2. The molecule has 1 atom stereocenters. The lowest BCUT2D eigenvalue weighted by Crippen LogP contribution is -2.46. The number of aliphatic carboxylic acids is 1. The third-order valence-electron chi connectivity index (χ3n) is 5.55. The van der Waals surface area contributed by atoms with Crippen molar-refractivity contribution in [2.24, 2.45) is 11.8 Å². The van der Waals surface area contributed by atoms with Gasteiger partial charge in [0, 0.05) is 31.9 Å². The molecule has 1 aliphatic heterocycles. The van der Waals surface area contributed by atoms with E-state index in [0.717, 1.165) is 30.7 Å². The minimum Gasteiger partial charge on any atom is -0.481 e. The first-order chi connectivity index (χ1) is 13.0. The van der Waals surface area contributed by atoms with E-state index in [1.807, 2.05) is 12.1 Å². The molecule has 2 aliphatic rings. The van der Waals surface area contributed by atoms with Crippen LogP contribution in [0.1, 0.15) is 51.0 Å². The summed E-state index contributed by atoms with van der Waals surface area (Å²) in [5.74, 6) is 0.0734. The van der Waals surface area contributed by atoms with Crippen molar-refractivity contribution in [3.8, 4) is 5.88 Å². The molecule has 2 fully saturated rings. The Kier molecular flexibility index (Phi) is 6.53. The van der Waals surface area contributed by atoms with Gasteiger partial charge in [0.2, 0.25) is 5.88 Å². The molecule has 1 saturated heterocycles. The molecule has 1 aliphatic carbocycles. The molecule has 1 saturated carbocycles. The fraction of sp³-hybridized carbons (Fsp3) is 0.650. The van der Waals surface area contributed by atoms with Crippen molar-refractivity contribution in [2.75, 3.05) is 13.1 Å². The Morgan fingerprint density at radius 1 is 1.30 bits per heavy atom. The van der Waals surface area contributed by atoms with Gasteiger partial charge in [-0.05, 0) is 56.1 Å². The Morgan fingerprint density at radius 3 is 2.81 bits per heavy atom. The highest BCUT2D eigenvalue weighted by atomic mass is 16.5. The van der Waals surface area contributed by atoms with E-state index < -0.39 is 11.9 Å². The van der Waals surface area contributed by atoms with E-state index in [1.54, 1.807) is 11.1 Å². The third kappa shape index (κ3) is 5.58. The topological polar surface area (TPSA) is 91.8 Å². The summed E-state index contributed by atoms with van der Waals surface area (Å²) in [7, 11) is 0. The molecule has 2 heterocycles. The fourth-order valence-corrected chi connectivity index (χ4v) is 3.80. The Bertz CT molecular complexity index is 658. The molecule has 2 amide bonds. The number of aromatic nitrogens is 1. The van der Waals surface area contributed by atoms with Crippen LogP contribution in [0.3, 0.4) is 0 Å². The summed E-state index contributed by atoms with van der Waals surface area (Å²) in [6, 6.07) is 3.50. The highest BCUT2D eigenvalue weighted by molar-refractivity contribution is 5.76. The lowest BCUT2D eigenvalue weighted by Gasteiger charge is -2.30. The summed E-state index contributed by atoms with van der Waals surface area (Å²) in [5, 5.41) is 12.0. The molecule has 0 spiro atoms. The predicted octanol–water partition coefficient (Wildman–Crippen LogP) is 3.05.